The van der Waals surface area contributed by atoms with Gasteiger partial charge in [0.05, 0.1) is 5.56 Å². The van der Waals surface area contributed by atoms with Crippen molar-refractivity contribution in [2.45, 2.75) is 6.61 Å². The van der Waals surface area contributed by atoms with Gasteiger partial charge in [0.25, 0.3) is 0 Å². The number of rotatable bonds is 4. The number of ether oxygens (including phenoxy) is 1. The number of benzene rings is 2. The molecule has 6 heteroatoms. The van der Waals surface area contributed by atoms with Crippen molar-refractivity contribution in [3.8, 4) is 5.75 Å². The summed E-state index contributed by atoms with van der Waals surface area (Å²) >= 11 is 0. The molecule has 1 N–H and O–H groups in total. The van der Waals surface area contributed by atoms with E-state index in [1.54, 1.807) is 0 Å². The van der Waals surface area contributed by atoms with E-state index in [0.717, 1.165) is 30.3 Å². The third-order valence-electron chi connectivity index (χ3n) is 2.57. The molecule has 0 amide bonds. The van der Waals surface area contributed by atoms with E-state index in [-0.39, 0.29) is 23.5 Å². The second-order valence-electron chi connectivity index (χ2n) is 3.97. The van der Waals surface area contributed by atoms with E-state index in [4.69, 9.17) is 9.84 Å². The zero-order valence-electron chi connectivity index (χ0n) is 10.1. The van der Waals surface area contributed by atoms with Gasteiger partial charge < -0.3 is 9.84 Å². The fourth-order valence-electron chi connectivity index (χ4n) is 1.57. The molecule has 3 nitrogen and oxygen atoms in total. The van der Waals surface area contributed by atoms with Gasteiger partial charge in [-0.05, 0) is 30.3 Å². The van der Waals surface area contributed by atoms with Crippen molar-refractivity contribution < 1.29 is 27.8 Å². The van der Waals surface area contributed by atoms with Crippen molar-refractivity contribution in [3.05, 3.63) is 65.0 Å². The van der Waals surface area contributed by atoms with Crippen LogP contribution >= 0.6 is 0 Å². The molecule has 0 saturated heterocycles. The molecule has 2 rings (SSSR count). The number of carbonyl (C=O) groups is 1. The van der Waals surface area contributed by atoms with Crippen LogP contribution in [0, 0.1) is 17.5 Å². The van der Waals surface area contributed by atoms with Gasteiger partial charge in [-0.1, -0.05) is 0 Å². The van der Waals surface area contributed by atoms with Gasteiger partial charge in [0.15, 0.2) is 11.6 Å². The monoisotopic (exact) mass is 282 g/mol. The van der Waals surface area contributed by atoms with Crippen LogP contribution in [0.5, 0.6) is 5.75 Å². The topological polar surface area (TPSA) is 46.5 Å². The highest BCUT2D eigenvalue weighted by atomic mass is 19.1. The predicted molar refractivity (Wildman–Crippen MR) is 64.0 cm³/mol. The lowest BCUT2D eigenvalue weighted by Gasteiger charge is -2.08. The van der Waals surface area contributed by atoms with Crippen LogP contribution in [0.1, 0.15) is 15.9 Å². The van der Waals surface area contributed by atoms with E-state index >= 15 is 0 Å². The highest BCUT2D eigenvalue weighted by Crippen LogP contribution is 2.20. The molecule has 104 valence electrons. The van der Waals surface area contributed by atoms with Gasteiger partial charge in [-0.3, -0.25) is 0 Å². The lowest BCUT2D eigenvalue weighted by Crippen LogP contribution is -2.04. The van der Waals surface area contributed by atoms with Gasteiger partial charge in [0, 0.05) is 11.6 Å². The predicted octanol–water partition coefficient (Wildman–Crippen LogP) is 3.38. The van der Waals surface area contributed by atoms with E-state index in [0.29, 0.717) is 6.07 Å². The minimum Gasteiger partial charge on any atom is -0.486 e. The van der Waals surface area contributed by atoms with Crippen molar-refractivity contribution in [3.63, 3.8) is 0 Å². The fourth-order valence-corrected chi connectivity index (χ4v) is 1.57. The molecule has 0 aliphatic heterocycles. The van der Waals surface area contributed by atoms with Crippen molar-refractivity contribution in [2.24, 2.45) is 0 Å². The quantitative estimate of drug-likeness (QED) is 0.935. The standard InChI is InChI=1S/C14H9F3O3/c15-10-2-4-13(12(17)6-10)20-7-9-5-8(14(18)19)1-3-11(9)16/h1-6H,7H2,(H,18,19). The Kier molecular flexibility index (Phi) is 3.93. The largest absolute Gasteiger partial charge is 0.486 e. The second-order valence-corrected chi connectivity index (χ2v) is 3.97. The molecule has 0 heterocycles. The van der Waals surface area contributed by atoms with E-state index in [9.17, 15) is 18.0 Å². The molecule has 0 bridgehead atoms. The summed E-state index contributed by atoms with van der Waals surface area (Å²) in [5, 5.41) is 8.80. The maximum atomic E-state index is 13.5. The molecule has 2 aromatic rings. The maximum absolute atomic E-state index is 13.5. The van der Waals surface area contributed by atoms with E-state index in [2.05, 4.69) is 0 Å². The summed E-state index contributed by atoms with van der Waals surface area (Å²) in [6.45, 7) is -0.366. The first-order chi connectivity index (χ1) is 9.47. The molecule has 20 heavy (non-hydrogen) atoms. The van der Waals surface area contributed by atoms with Crippen LogP contribution in [0.15, 0.2) is 36.4 Å². The molecule has 0 aliphatic rings. The summed E-state index contributed by atoms with van der Waals surface area (Å²) in [7, 11) is 0. The van der Waals surface area contributed by atoms with Gasteiger partial charge in [-0.15, -0.1) is 0 Å². The molecule has 0 saturated carbocycles. The average molecular weight is 282 g/mol. The molecule has 0 unspecified atom stereocenters. The third kappa shape index (κ3) is 3.09. The Labute approximate surface area is 112 Å². The number of hydrogen-bond acceptors (Lipinski definition) is 2. The van der Waals surface area contributed by atoms with E-state index in [1.165, 1.54) is 0 Å². The van der Waals surface area contributed by atoms with Gasteiger partial charge in [0.1, 0.15) is 18.2 Å². The first-order valence-corrected chi connectivity index (χ1v) is 5.57. The van der Waals surface area contributed by atoms with Crippen LogP contribution in [0.4, 0.5) is 13.2 Å². The molecule has 0 aliphatic carbocycles. The van der Waals surface area contributed by atoms with Gasteiger partial charge in [-0.25, -0.2) is 18.0 Å². The van der Waals surface area contributed by atoms with Crippen molar-refractivity contribution >= 4 is 5.97 Å². The van der Waals surface area contributed by atoms with Crippen LogP contribution in [0.25, 0.3) is 0 Å². The SMILES string of the molecule is O=C(O)c1ccc(F)c(COc2ccc(F)cc2F)c1. The second kappa shape index (κ2) is 5.64. The molecular formula is C14H9F3O3. The van der Waals surface area contributed by atoms with E-state index in [1.807, 2.05) is 0 Å². The first-order valence-electron chi connectivity index (χ1n) is 5.57. The molecule has 0 radical (unpaired) electrons. The molecule has 0 aromatic heterocycles. The molecule has 0 atom stereocenters. The van der Waals surface area contributed by atoms with Crippen LogP contribution < -0.4 is 4.74 Å². The number of aromatic carboxylic acids is 1. The third-order valence-corrected chi connectivity index (χ3v) is 2.57. The summed E-state index contributed by atoms with van der Waals surface area (Å²) in [5.74, 6) is -3.79. The van der Waals surface area contributed by atoms with Crippen molar-refractivity contribution in [1.82, 2.24) is 0 Å². The number of carboxylic acid groups (broad SMARTS) is 1. The smallest absolute Gasteiger partial charge is 0.335 e. The number of halogens is 3. The van der Waals surface area contributed by atoms with Crippen LogP contribution in [0.3, 0.4) is 0 Å². The molecule has 2 aromatic carbocycles. The van der Waals surface area contributed by atoms with Crippen LogP contribution in [0.2, 0.25) is 0 Å². The average Bonchev–Trinajstić information content (AvgIpc) is 2.39. The van der Waals surface area contributed by atoms with Crippen molar-refractivity contribution in [2.75, 3.05) is 0 Å². The Morgan fingerprint density at radius 1 is 1.05 bits per heavy atom. The van der Waals surface area contributed by atoms with Gasteiger partial charge in [0.2, 0.25) is 0 Å². The van der Waals surface area contributed by atoms with Crippen LogP contribution in [-0.2, 0) is 6.61 Å². The number of carboxylic acids is 1. The van der Waals surface area contributed by atoms with Crippen LogP contribution in [-0.4, -0.2) is 11.1 Å². The minimum atomic E-state index is -1.21. The van der Waals surface area contributed by atoms with Gasteiger partial charge in [-0.2, -0.15) is 0 Å². The molecule has 0 fully saturated rings. The zero-order valence-corrected chi connectivity index (χ0v) is 10.1. The molecule has 0 spiro atoms. The Hall–Kier alpha value is -2.50. The minimum absolute atomic E-state index is 0.0337. The highest BCUT2D eigenvalue weighted by molar-refractivity contribution is 5.87. The Bertz CT molecular complexity index is 656. The summed E-state index contributed by atoms with van der Waals surface area (Å²) in [4.78, 5) is 10.8. The lowest BCUT2D eigenvalue weighted by molar-refractivity contribution is 0.0696. The maximum Gasteiger partial charge on any atom is 0.335 e. The zero-order chi connectivity index (χ0) is 14.7. The molecular weight excluding hydrogens is 273 g/mol. The normalized spacial score (nSPS) is 10.3. The number of hydrogen-bond donors (Lipinski definition) is 1. The lowest BCUT2D eigenvalue weighted by atomic mass is 10.1. The van der Waals surface area contributed by atoms with Crippen molar-refractivity contribution in [1.29, 1.82) is 0 Å². The Morgan fingerprint density at radius 2 is 1.80 bits per heavy atom. The summed E-state index contributed by atoms with van der Waals surface area (Å²) in [6, 6.07) is 5.91. The summed E-state index contributed by atoms with van der Waals surface area (Å²) in [6.07, 6.45) is 0. The van der Waals surface area contributed by atoms with Gasteiger partial charge >= 0.3 is 5.97 Å². The summed E-state index contributed by atoms with van der Waals surface area (Å²) < 4.78 is 44.5. The highest BCUT2D eigenvalue weighted by Gasteiger charge is 2.10. The summed E-state index contributed by atoms with van der Waals surface area (Å²) in [5.41, 5.74) is -0.141. The first kappa shape index (κ1) is 13.9. The Morgan fingerprint density at radius 3 is 2.45 bits per heavy atom. The fraction of sp³-hybridized carbons (Fsp3) is 0.0714. The van der Waals surface area contributed by atoms with E-state index < -0.39 is 23.4 Å². The Balaban J connectivity index is 2.18.